The number of rotatable bonds is 5. The molecule has 4 N–H and O–H groups in total. The lowest BCUT2D eigenvalue weighted by atomic mass is 10.2. The number of aromatic nitrogens is 3. The van der Waals surface area contributed by atoms with Crippen molar-refractivity contribution in [2.24, 2.45) is 4.99 Å². The number of amides is 1. The van der Waals surface area contributed by atoms with Gasteiger partial charge in [-0.3, -0.25) is 15.1 Å². The number of hydrogen-bond acceptors (Lipinski definition) is 3. The first-order chi connectivity index (χ1) is 14.2. The molecular formula is C21H19ClN6O. The van der Waals surface area contributed by atoms with E-state index in [1.807, 2.05) is 30.5 Å². The Morgan fingerprint density at radius 3 is 2.90 bits per heavy atom. The van der Waals surface area contributed by atoms with Crippen molar-refractivity contribution in [2.45, 2.75) is 6.42 Å². The van der Waals surface area contributed by atoms with Crippen LogP contribution < -0.4 is 10.6 Å². The van der Waals surface area contributed by atoms with Crippen molar-refractivity contribution in [3.05, 3.63) is 83.5 Å². The van der Waals surface area contributed by atoms with Gasteiger partial charge in [-0.2, -0.15) is 0 Å². The third-order valence-electron chi connectivity index (χ3n) is 4.34. The zero-order valence-electron chi connectivity index (χ0n) is 15.4. The molecule has 1 amide bonds. The highest BCUT2D eigenvalue weighted by Gasteiger charge is 2.10. The van der Waals surface area contributed by atoms with E-state index < -0.39 is 0 Å². The van der Waals surface area contributed by atoms with E-state index in [1.165, 1.54) is 0 Å². The van der Waals surface area contributed by atoms with E-state index >= 15 is 0 Å². The lowest BCUT2D eigenvalue weighted by molar-refractivity contribution is 0.0977. The molecule has 4 aromatic rings. The van der Waals surface area contributed by atoms with E-state index in [9.17, 15) is 4.79 Å². The van der Waals surface area contributed by atoms with E-state index in [1.54, 1.807) is 36.8 Å². The topological polar surface area (TPSA) is 98.0 Å². The molecule has 2 aromatic carbocycles. The Morgan fingerprint density at radius 1 is 1.14 bits per heavy atom. The average Bonchev–Trinajstić information content (AvgIpc) is 3.39. The molecule has 0 saturated carbocycles. The Balaban J connectivity index is 1.52. The summed E-state index contributed by atoms with van der Waals surface area (Å²) in [7, 11) is 0. The van der Waals surface area contributed by atoms with Crippen LogP contribution in [0.5, 0.6) is 0 Å². The lowest BCUT2D eigenvalue weighted by Crippen LogP contribution is -2.36. The number of halogens is 1. The number of nitrogens with zero attached hydrogens (tertiary/aromatic N) is 2. The van der Waals surface area contributed by atoms with E-state index in [0.717, 1.165) is 22.3 Å². The standard InChI is InChI=1S/C21H19ClN6O/c22-16-3-1-2-15(10-16)20(29)28-21(25-9-7-18-12-23-13-26-18)27-17-4-5-19-14(11-17)6-8-24-19/h1-6,8,10-13,24H,7,9H2,(H,23,26)(H2,25,27,28,29). The third kappa shape index (κ3) is 4.83. The minimum absolute atomic E-state index is 0.289. The van der Waals surface area contributed by atoms with Crippen molar-refractivity contribution in [3.8, 4) is 0 Å². The maximum absolute atomic E-state index is 12.6. The summed E-state index contributed by atoms with van der Waals surface area (Å²) >= 11 is 6.00. The third-order valence-corrected chi connectivity index (χ3v) is 4.58. The summed E-state index contributed by atoms with van der Waals surface area (Å²) in [6.07, 6.45) is 5.95. The van der Waals surface area contributed by atoms with Gasteiger partial charge in [-0.1, -0.05) is 17.7 Å². The molecule has 8 heteroatoms. The Morgan fingerprint density at radius 2 is 2.07 bits per heavy atom. The number of carbonyl (C=O) groups excluding carboxylic acids is 1. The zero-order chi connectivity index (χ0) is 20.1. The monoisotopic (exact) mass is 406 g/mol. The molecule has 0 atom stereocenters. The van der Waals surface area contributed by atoms with Crippen LogP contribution in [0, 0.1) is 0 Å². The molecule has 0 aliphatic rings. The fourth-order valence-corrected chi connectivity index (χ4v) is 3.09. The van der Waals surface area contributed by atoms with Crippen LogP contribution in [-0.4, -0.2) is 33.4 Å². The fraction of sp³-hybridized carbons (Fsp3) is 0.0952. The van der Waals surface area contributed by atoms with Gasteiger partial charge < -0.3 is 15.3 Å². The molecule has 2 heterocycles. The first-order valence-corrected chi connectivity index (χ1v) is 9.48. The van der Waals surface area contributed by atoms with Gasteiger partial charge in [-0.25, -0.2) is 4.98 Å². The summed E-state index contributed by atoms with van der Waals surface area (Å²) in [5.41, 5.74) is 3.30. The van der Waals surface area contributed by atoms with E-state index in [2.05, 4.69) is 30.6 Å². The highest BCUT2D eigenvalue weighted by molar-refractivity contribution is 6.31. The first-order valence-electron chi connectivity index (χ1n) is 9.10. The molecule has 4 rings (SSSR count). The Labute approximate surface area is 172 Å². The molecule has 0 unspecified atom stereocenters. The van der Waals surface area contributed by atoms with Gasteiger partial charge in [-0.05, 0) is 42.5 Å². The smallest absolute Gasteiger partial charge is 0.258 e. The van der Waals surface area contributed by atoms with Crippen molar-refractivity contribution in [3.63, 3.8) is 0 Å². The molecule has 29 heavy (non-hydrogen) atoms. The largest absolute Gasteiger partial charge is 0.361 e. The quantitative estimate of drug-likeness (QED) is 0.298. The van der Waals surface area contributed by atoms with Gasteiger partial charge in [0.1, 0.15) is 0 Å². The van der Waals surface area contributed by atoms with Crippen molar-refractivity contribution in [2.75, 3.05) is 11.9 Å². The van der Waals surface area contributed by atoms with Crippen LogP contribution in [0.4, 0.5) is 5.69 Å². The van der Waals surface area contributed by atoms with Crippen molar-refractivity contribution in [1.29, 1.82) is 0 Å². The van der Waals surface area contributed by atoms with Crippen LogP contribution in [0.15, 0.2) is 72.2 Å². The van der Waals surface area contributed by atoms with Gasteiger partial charge >= 0.3 is 0 Å². The fourth-order valence-electron chi connectivity index (χ4n) is 2.90. The number of aliphatic imine (C=N–C) groups is 1. The number of carbonyl (C=O) groups is 1. The Bertz CT molecular complexity index is 1150. The summed E-state index contributed by atoms with van der Waals surface area (Å²) in [5, 5.41) is 7.60. The van der Waals surface area contributed by atoms with Crippen LogP contribution in [0.1, 0.15) is 16.1 Å². The van der Waals surface area contributed by atoms with E-state index in [4.69, 9.17) is 11.6 Å². The molecule has 0 radical (unpaired) electrons. The second-order valence-electron chi connectivity index (χ2n) is 6.43. The number of imidazole rings is 1. The minimum atomic E-state index is -0.289. The molecule has 0 aliphatic heterocycles. The summed E-state index contributed by atoms with van der Waals surface area (Å²) in [5.74, 6) is 0.0763. The second-order valence-corrected chi connectivity index (χ2v) is 6.86. The number of benzene rings is 2. The highest BCUT2D eigenvalue weighted by atomic mass is 35.5. The zero-order valence-corrected chi connectivity index (χ0v) is 16.2. The van der Waals surface area contributed by atoms with Crippen molar-refractivity contribution in [1.82, 2.24) is 20.3 Å². The second kappa shape index (κ2) is 8.62. The number of nitrogens with one attached hydrogen (secondary N) is 4. The van der Waals surface area contributed by atoms with Crippen LogP contribution in [0.25, 0.3) is 10.9 Å². The van der Waals surface area contributed by atoms with Crippen LogP contribution in [-0.2, 0) is 6.42 Å². The molecule has 2 aromatic heterocycles. The number of fused-ring (bicyclic) bond motifs is 1. The molecule has 146 valence electrons. The first kappa shape index (κ1) is 18.8. The molecule has 0 saturated heterocycles. The van der Waals surface area contributed by atoms with Gasteiger partial charge in [0.2, 0.25) is 5.96 Å². The van der Waals surface area contributed by atoms with Crippen molar-refractivity contribution < 1.29 is 4.79 Å². The molecule has 0 spiro atoms. The number of guanidine groups is 1. The predicted octanol–water partition coefficient (Wildman–Crippen LogP) is 3.99. The Kier molecular flexibility index (Phi) is 5.58. The molecule has 0 fully saturated rings. The Hall–Kier alpha value is -3.58. The maximum atomic E-state index is 12.6. The van der Waals surface area contributed by atoms with Gasteiger partial charge in [0.15, 0.2) is 0 Å². The summed E-state index contributed by atoms with van der Waals surface area (Å²) in [6.45, 7) is 0.479. The van der Waals surface area contributed by atoms with Crippen LogP contribution in [0.2, 0.25) is 5.02 Å². The maximum Gasteiger partial charge on any atom is 0.258 e. The predicted molar refractivity (Wildman–Crippen MR) is 115 cm³/mol. The van der Waals surface area contributed by atoms with Gasteiger partial charge in [0, 0.05) is 58.2 Å². The SMILES string of the molecule is O=C(NC(=NCCc1cnc[nH]1)Nc1ccc2[nH]ccc2c1)c1cccc(Cl)c1. The van der Waals surface area contributed by atoms with E-state index in [0.29, 0.717) is 29.5 Å². The average molecular weight is 407 g/mol. The number of H-pyrrole nitrogens is 2. The molecular weight excluding hydrogens is 388 g/mol. The summed E-state index contributed by atoms with van der Waals surface area (Å²) in [4.78, 5) is 27.4. The van der Waals surface area contributed by atoms with Gasteiger partial charge in [0.05, 0.1) is 6.33 Å². The normalized spacial score (nSPS) is 11.6. The number of hydrogen-bond donors (Lipinski definition) is 4. The van der Waals surface area contributed by atoms with Crippen LogP contribution >= 0.6 is 11.6 Å². The summed E-state index contributed by atoms with van der Waals surface area (Å²) < 4.78 is 0. The number of anilines is 1. The van der Waals surface area contributed by atoms with Crippen LogP contribution in [0.3, 0.4) is 0 Å². The van der Waals surface area contributed by atoms with Crippen molar-refractivity contribution >= 4 is 40.1 Å². The molecule has 0 aliphatic carbocycles. The van der Waals surface area contributed by atoms with E-state index in [-0.39, 0.29) is 5.91 Å². The minimum Gasteiger partial charge on any atom is -0.361 e. The number of aromatic amines is 2. The lowest BCUT2D eigenvalue weighted by Gasteiger charge is -2.12. The van der Waals surface area contributed by atoms with Gasteiger partial charge in [-0.15, -0.1) is 0 Å². The molecule has 7 nitrogen and oxygen atoms in total. The summed E-state index contributed by atoms with van der Waals surface area (Å²) in [6, 6.07) is 14.7. The highest BCUT2D eigenvalue weighted by Crippen LogP contribution is 2.18. The molecule has 0 bridgehead atoms. The van der Waals surface area contributed by atoms with Gasteiger partial charge in [0.25, 0.3) is 5.91 Å².